The van der Waals surface area contributed by atoms with Crippen LogP contribution in [0, 0.1) is 0 Å². The number of likely N-dealkylation sites (tertiary alicyclic amines) is 1. The van der Waals surface area contributed by atoms with Crippen molar-refractivity contribution in [3.63, 3.8) is 0 Å². The molecular weight excluding hydrogens is 423 g/mol. The smallest absolute Gasteiger partial charge is 0.434 e. The van der Waals surface area contributed by atoms with Gasteiger partial charge in [0, 0.05) is 19.6 Å². The number of primary amides is 1. The summed E-state index contributed by atoms with van der Waals surface area (Å²) in [7, 11) is 0. The van der Waals surface area contributed by atoms with Gasteiger partial charge in [-0.2, -0.15) is 0 Å². The van der Waals surface area contributed by atoms with Crippen molar-refractivity contribution in [2.45, 2.75) is 36.7 Å². The maximum atomic E-state index is 12.1. The summed E-state index contributed by atoms with van der Waals surface area (Å²) in [5, 5.41) is 32.3. The van der Waals surface area contributed by atoms with Gasteiger partial charge in [0.1, 0.15) is 23.0 Å². The maximum Gasteiger partial charge on any atom is 0.434 e. The standard InChI is InChI=1S/C19H26BN4O8/c1-19(22,18(28)23-5-14(21)25)8-24-6-9(7-24)31-13-3-2-10-11-4-12(11)20(29,30)32-16(10)15(13)17(26)27/h2-3,9,11-12,29-30H,4-8,22H2,1H3,(H2,21,25)(H,23,28)(H,26,27)/q-1/t11-,12-,19-/m1/s1. The van der Waals surface area contributed by atoms with Crippen LogP contribution >= 0.6 is 0 Å². The molecule has 174 valence electrons. The second-order valence-corrected chi connectivity index (χ2v) is 9.05. The largest absolute Gasteiger partial charge is 0.669 e. The zero-order valence-electron chi connectivity index (χ0n) is 17.5. The SMILES string of the molecule is C[C@@](N)(CN1CC(Oc2ccc3c(c2C(=O)O)O[B-](O)(O)[C@@H]2C[C@H]32)C1)C(=O)NCC(N)=O. The molecule has 0 spiro atoms. The topological polar surface area (TPSA) is 198 Å². The summed E-state index contributed by atoms with van der Waals surface area (Å²) in [6.07, 6.45) is 0.174. The van der Waals surface area contributed by atoms with Crippen molar-refractivity contribution in [2.24, 2.45) is 11.5 Å². The van der Waals surface area contributed by atoms with E-state index in [4.69, 9.17) is 20.9 Å². The summed E-state index contributed by atoms with van der Waals surface area (Å²) >= 11 is 0. The first-order chi connectivity index (χ1) is 14.9. The van der Waals surface area contributed by atoms with Crippen molar-refractivity contribution in [3.8, 4) is 11.5 Å². The van der Waals surface area contributed by atoms with E-state index in [0.29, 0.717) is 25.1 Å². The molecule has 1 aromatic carbocycles. The van der Waals surface area contributed by atoms with Crippen molar-refractivity contribution < 1.29 is 38.9 Å². The van der Waals surface area contributed by atoms with Gasteiger partial charge in [0.15, 0.2) is 0 Å². The van der Waals surface area contributed by atoms with Crippen molar-refractivity contribution in [3.05, 3.63) is 23.3 Å². The number of nitrogens with zero attached hydrogens (tertiary/aromatic N) is 1. The number of benzene rings is 1. The molecule has 1 aliphatic carbocycles. The Labute approximate surface area is 183 Å². The number of fused-ring (bicyclic) bond motifs is 3. The lowest BCUT2D eigenvalue weighted by molar-refractivity contribution is -0.129. The van der Waals surface area contributed by atoms with E-state index in [1.807, 2.05) is 4.90 Å². The summed E-state index contributed by atoms with van der Waals surface area (Å²) in [5.41, 5.74) is 10.2. The van der Waals surface area contributed by atoms with Crippen LogP contribution in [0.4, 0.5) is 0 Å². The van der Waals surface area contributed by atoms with Gasteiger partial charge in [0.05, 0.1) is 12.3 Å². The highest BCUT2D eigenvalue weighted by Gasteiger charge is 2.55. The zero-order valence-corrected chi connectivity index (χ0v) is 17.5. The number of carbonyl (C=O) groups is 3. The molecule has 0 unspecified atom stereocenters. The van der Waals surface area contributed by atoms with E-state index in [0.717, 1.165) is 0 Å². The van der Waals surface area contributed by atoms with E-state index < -0.39 is 35.9 Å². The highest BCUT2D eigenvalue weighted by Crippen LogP contribution is 2.63. The Bertz CT molecular complexity index is 978. The second kappa shape index (κ2) is 7.62. The fraction of sp³-hybridized carbons (Fsp3) is 0.526. The highest BCUT2D eigenvalue weighted by molar-refractivity contribution is 6.62. The molecule has 0 bridgehead atoms. The van der Waals surface area contributed by atoms with Crippen LogP contribution < -0.4 is 26.2 Å². The van der Waals surface area contributed by atoms with Crippen LogP contribution in [0.2, 0.25) is 5.82 Å². The minimum atomic E-state index is -3.11. The van der Waals surface area contributed by atoms with Gasteiger partial charge in [-0.1, -0.05) is 18.3 Å². The fourth-order valence-electron chi connectivity index (χ4n) is 4.42. The summed E-state index contributed by atoms with van der Waals surface area (Å²) in [6.45, 7) is -0.903. The van der Waals surface area contributed by atoms with Gasteiger partial charge in [0.2, 0.25) is 11.8 Å². The third kappa shape index (κ3) is 4.11. The summed E-state index contributed by atoms with van der Waals surface area (Å²) in [5.74, 6) is -3.02. The second-order valence-electron chi connectivity index (χ2n) is 9.05. The number of rotatable bonds is 8. The number of carboxylic acids is 1. The van der Waals surface area contributed by atoms with Crippen LogP contribution in [0.25, 0.3) is 0 Å². The Kier molecular flexibility index (Phi) is 5.32. The number of hydrogen-bond acceptors (Lipinski definition) is 9. The summed E-state index contributed by atoms with van der Waals surface area (Å²) in [6, 6.07) is 3.26. The van der Waals surface area contributed by atoms with Crippen molar-refractivity contribution in [1.82, 2.24) is 10.2 Å². The summed E-state index contributed by atoms with van der Waals surface area (Å²) in [4.78, 5) is 36.7. The molecule has 32 heavy (non-hydrogen) atoms. The van der Waals surface area contributed by atoms with E-state index in [9.17, 15) is 29.5 Å². The molecule has 1 aromatic rings. The molecule has 8 N–H and O–H groups in total. The molecule has 13 heteroatoms. The van der Waals surface area contributed by atoms with E-state index in [2.05, 4.69) is 5.32 Å². The molecule has 1 saturated heterocycles. The normalized spacial score (nSPS) is 25.2. The van der Waals surface area contributed by atoms with Crippen LogP contribution in [-0.2, 0) is 9.59 Å². The first-order valence-corrected chi connectivity index (χ1v) is 10.3. The van der Waals surface area contributed by atoms with Gasteiger partial charge in [0.25, 0.3) is 0 Å². The summed E-state index contributed by atoms with van der Waals surface area (Å²) < 4.78 is 11.1. The number of nitrogens with two attached hydrogens (primary N) is 2. The molecule has 2 amide bonds. The number of carbonyl (C=O) groups excluding carboxylic acids is 2. The molecule has 0 radical (unpaired) electrons. The third-order valence-corrected chi connectivity index (χ3v) is 6.16. The van der Waals surface area contributed by atoms with Crippen molar-refractivity contribution in [2.75, 3.05) is 26.2 Å². The lowest BCUT2D eigenvalue weighted by Gasteiger charge is -2.43. The Balaban J connectivity index is 1.40. The number of amides is 2. The van der Waals surface area contributed by atoms with Crippen LogP contribution in [-0.4, -0.2) is 82.4 Å². The van der Waals surface area contributed by atoms with Crippen LogP contribution in [0.5, 0.6) is 11.5 Å². The predicted octanol–water partition coefficient (Wildman–Crippen LogP) is -2.06. The lowest BCUT2D eigenvalue weighted by atomic mass is 9.68. The highest BCUT2D eigenvalue weighted by atomic mass is 16.6. The molecule has 3 atom stereocenters. The Morgan fingerprint density at radius 2 is 2.03 bits per heavy atom. The zero-order chi connectivity index (χ0) is 23.4. The average molecular weight is 449 g/mol. The van der Waals surface area contributed by atoms with E-state index >= 15 is 0 Å². The molecule has 3 aliphatic rings. The van der Waals surface area contributed by atoms with Crippen LogP contribution in [0.3, 0.4) is 0 Å². The molecule has 2 fully saturated rings. The molecular formula is C19H26BN4O8-. The monoisotopic (exact) mass is 449 g/mol. The fourth-order valence-corrected chi connectivity index (χ4v) is 4.42. The molecule has 2 heterocycles. The van der Waals surface area contributed by atoms with Crippen molar-refractivity contribution >= 4 is 24.5 Å². The van der Waals surface area contributed by atoms with Crippen molar-refractivity contribution in [1.29, 1.82) is 0 Å². The molecule has 0 aromatic heterocycles. The number of hydrogen-bond donors (Lipinski definition) is 6. The van der Waals surface area contributed by atoms with E-state index in [1.165, 1.54) is 6.92 Å². The maximum absolute atomic E-state index is 12.1. The Hall–Kier alpha value is -2.87. The number of nitrogens with one attached hydrogen (secondary N) is 1. The number of carboxylic acid groups (broad SMARTS) is 1. The predicted molar refractivity (Wildman–Crippen MR) is 111 cm³/mol. The van der Waals surface area contributed by atoms with Gasteiger partial charge in [-0.15, -0.1) is 0 Å². The van der Waals surface area contributed by atoms with E-state index in [1.54, 1.807) is 12.1 Å². The average Bonchev–Trinajstić information content (AvgIpc) is 3.45. The number of ether oxygens (including phenoxy) is 1. The van der Waals surface area contributed by atoms with Gasteiger partial charge >= 0.3 is 12.7 Å². The minimum absolute atomic E-state index is 0.0596. The first kappa shape index (κ1) is 22.3. The molecule has 4 rings (SSSR count). The Morgan fingerprint density at radius 1 is 1.34 bits per heavy atom. The lowest BCUT2D eigenvalue weighted by Crippen LogP contribution is -2.64. The van der Waals surface area contributed by atoms with E-state index in [-0.39, 0.29) is 42.2 Å². The molecule has 2 aliphatic heterocycles. The number of aromatic carboxylic acids is 1. The third-order valence-electron chi connectivity index (χ3n) is 6.16. The molecule has 1 saturated carbocycles. The first-order valence-electron chi connectivity index (χ1n) is 10.3. The van der Waals surface area contributed by atoms with Crippen LogP contribution in [0.1, 0.15) is 35.2 Å². The van der Waals surface area contributed by atoms with Gasteiger partial charge < -0.3 is 41.3 Å². The van der Waals surface area contributed by atoms with Crippen LogP contribution in [0.15, 0.2) is 12.1 Å². The van der Waals surface area contributed by atoms with Gasteiger partial charge in [-0.25, -0.2) is 4.79 Å². The van der Waals surface area contributed by atoms with Gasteiger partial charge in [-0.3, -0.25) is 14.5 Å². The quantitative estimate of drug-likeness (QED) is 0.240. The molecule has 12 nitrogen and oxygen atoms in total. The Morgan fingerprint density at radius 3 is 2.66 bits per heavy atom. The van der Waals surface area contributed by atoms with Gasteiger partial charge in [-0.05, 0) is 24.5 Å². The minimum Gasteiger partial charge on any atom is -0.669 e.